The van der Waals surface area contributed by atoms with Gasteiger partial charge in [0.1, 0.15) is 18.8 Å². The molecule has 0 fully saturated rings. The second kappa shape index (κ2) is 6.08. The Kier molecular flexibility index (Phi) is 4.43. The Morgan fingerprint density at radius 2 is 1.80 bits per heavy atom. The highest BCUT2D eigenvalue weighted by Gasteiger charge is 2.32. The first-order chi connectivity index (χ1) is 9.65. The average Bonchev–Trinajstić information content (AvgIpc) is 2.52. The molecule has 1 aromatic rings. The lowest BCUT2D eigenvalue weighted by Crippen LogP contribution is -2.57. The molecule has 1 amide bonds. The zero-order chi connectivity index (χ0) is 14.6. The fraction of sp³-hybridized carbons (Fsp3) is 0.462. The molecule has 0 bridgehead atoms. The SMILES string of the molecule is O=C(NC(CO)(CO)CO)c1cccc2c1OCCO2. The van der Waals surface area contributed by atoms with Crippen LogP contribution in [0.2, 0.25) is 0 Å². The number of nitrogens with one attached hydrogen (secondary N) is 1. The lowest BCUT2D eigenvalue weighted by molar-refractivity contribution is 0.0372. The Hall–Kier alpha value is -1.83. The van der Waals surface area contributed by atoms with Gasteiger partial charge in [-0.15, -0.1) is 0 Å². The molecule has 1 aliphatic heterocycles. The number of fused-ring (bicyclic) bond motifs is 1. The molecule has 1 aliphatic rings. The van der Waals surface area contributed by atoms with Crippen LogP contribution in [0.15, 0.2) is 18.2 Å². The van der Waals surface area contributed by atoms with Crippen LogP contribution in [-0.4, -0.2) is 59.8 Å². The highest BCUT2D eigenvalue weighted by Crippen LogP contribution is 2.33. The first kappa shape index (κ1) is 14.6. The van der Waals surface area contributed by atoms with Gasteiger partial charge in [0.25, 0.3) is 5.91 Å². The van der Waals surface area contributed by atoms with Crippen molar-refractivity contribution in [2.24, 2.45) is 0 Å². The molecule has 2 rings (SSSR count). The number of hydrogen-bond donors (Lipinski definition) is 4. The van der Waals surface area contributed by atoms with E-state index in [0.29, 0.717) is 24.7 Å². The first-order valence-electron chi connectivity index (χ1n) is 6.19. The summed E-state index contributed by atoms with van der Waals surface area (Å²) in [5.41, 5.74) is -1.25. The summed E-state index contributed by atoms with van der Waals surface area (Å²) >= 11 is 0. The summed E-state index contributed by atoms with van der Waals surface area (Å²) in [5.74, 6) is 0.218. The van der Waals surface area contributed by atoms with E-state index in [0.717, 1.165) is 0 Å². The maximum absolute atomic E-state index is 12.2. The van der Waals surface area contributed by atoms with Crippen molar-refractivity contribution in [3.63, 3.8) is 0 Å². The molecule has 110 valence electrons. The van der Waals surface area contributed by atoms with E-state index in [1.165, 1.54) is 0 Å². The van der Waals surface area contributed by atoms with Crippen molar-refractivity contribution in [1.82, 2.24) is 5.32 Å². The van der Waals surface area contributed by atoms with Gasteiger partial charge in [-0.1, -0.05) is 6.07 Å². The smallest absolute Gasteiger partial charge is 0.255 e. The van der Waals surface area contributed by atoms with Crippen LogP contribution in [0.25, 0.3) is 0 Å². The molecule has 0 unspecified atom stereocenters. The van der Waals surface area contributed by atoms with Gasteiger partial charge in [0.05, 0.1) is 25.4 Å². The number of aliphatic hydroxyl groups excluding tert-OH is 3. The Morgan fingerprint density at radius 1 is 1.15 bits per heavy atom. The Morgan fingerprint density at radius 3 is 2.45 bits per heavy atom. The zero-order valence-electron chi connectivity index (χ0n) is 10.8. The van der Waals surface area contributed by atoms with E-state index in [-0.39, 0.29) is 5.56 Å². The summed E-state index contributed by atoms with van der Waals surface area (Å²) < 4.78 is 10.8. The van der Waals surface area contributed by atoms with Gasteiger partial charge in [-0.2, -0.15) is 0 Å². The molecule has 0 spiro atoms. The van der Waals surface area contributed by atoms with E-state index in [1.807, 2.05) is 0 Å². The number of carbonyl (C=O) groups is 1. The largest absolute Gasteiger partial charge is 0.486 e. The topological polar surface area (TPSA) is 108 Å². The maximum atomic E-state index is 12.2. The molecule has 0 aliphatic carbocycles. The number of hydrogen-bond acceptors (Lipinski definition) is 6. The van der Waals surface area contributed by atoms with Crippen LogP contribution in [-0.2, 0) is 0 Å². The Bertz CT molecular complexity index is 477. The minimum atomic E-state index is -1.48. The number of rotatable bonds is 5. The van der Waals surface area contributed by atoms with Crippen LogP contribution in [0.1, 0.15) is 10.4 Å². The summed E-state index contributed by atoms with van der Waals surface area (Å²) in [6.07, 6.45) is 0. The monoisotopic (exact) mass is 283 g/mol. The average molecular weight is 283 g/mol. The van der Waals surface area contributed by atoms with Crippen molar-refractivity contribution in [3.8, 4) is 11.5 Å². The van der Waals surface area contributed by atoms with Gasteiger partial charge in [0.2, 0.25) is 0 Å². The van der Waals surface area contributed by atoms with Crippen LogP contribution in [0, 0.1) is 0 Å². The van der Waals surface area contributed by atoms with Gasteiger partial charge in [0, 0.05) is 0 Å². The van der Waals surface area contributed by atoms with Gasteiger partial charge >= 0.3 is 0 Å². The van der Waals surface area contributed by atoms with Crippen molar-refractivity contribution >= 4 is 5.91 Å². The van der Waals surface area contributed by atoms with Crippen molar-refractivity contribution in [3.05, 3.63) is 23.8 Å². The van der Waals surface area contributed by atoms with Gasteiger partial charge in [0.15, 0.2) is 11.5 Å². The molecule has 1 aromatic carbocycles. The fourth-order valence-electron chi connectivity index (χ4n) is 1.83. The highest BCUT2D eigenvalue weighted by atomic mass is 16.6. The lowest BCUT2D eigenvalue weighted by atomic mass is 10.0. The Labute approximate surface area is 115 Å². The number of aliphatic hydroxyl groups is 3. The van der Waals surface area contributed by atoms with E-state index < -0.39 is 31.3 Å². The molecule has 0 radical (unpaired) electrons. The van der Waals surface area contributed by atoms with E-state index in [9.17, 15) is 20.1 Å². The highest BCUT2D eigenvalue weighted by molar-refractivity contribution is 5.98. The van der Waals surface area contributed by atoms with Crippen LogP contribution >= 0.6 is 0 Å². The molecule has 7 nitrogen and oxygen atoms in total. The van der Waals surface area contributed by atoms with E-state index >= 15 is 0 Å². The summed E-state index contributed by atoms with van der Waals surface area (Å²) in [5, 5.41) is 30.1. The molecule has 1 heterocycles. The van der Waals surface area contributed by atoms with Crippen molar-refractivity contribution in [2.75, 3.05) is 33.0 Å². The van der Waals surface area contributed by atoms with Crippen molar-refractivity contribution < 1.29 is 29.6 Å². The van der Waals surface area contributed by atoms with Crippen LogP contribution < -0.4 is 14.8 Å². The maximum Gasteiger partial charge on any atom is 0.255 e. The summed E-state index contributed by atoms with van der Waals surface area (Å²) in [6.45, 7) is -1.01. The predicted molar refractivity (Wildman–Crippen MR) is 68.9 cm³/mol. The number of amides is 1. The summed E-state index contributed by atoms with van der Waals surface area (Å²) in [6, 6.07) is 4.86. The van der Waals surface area contributed by atoms with E-state index in [2.05, 4.69) is 5.32 Å². The summed E-state index contributed by atoms with van der Waals surface area (Å²) in [4.78, 5) is 12.2. The third-order valence-electron chi connectivity index (χ3n) is 3.10. The second-order valence-electron chi connectivity index (χ2n) is 4.54. The van der Waals surface area contributed by atoms with Crippen LogP contribution in [0.5, 0.6) is 11.5 Å². The fourth-order valence-corrected chi connectivity index (χ4v) is 1.83. The van der Waals surface area contributed by atoms with Gasteiger partial charge in [-0.3, -0.25) is 4.79 Å². The summed E-state index contributed by atoms with van der Waals surface area (Å²) in [7, 11) is 0. The molecule has 4 N–H and O–H groups in total. The predicted octanol–water partition coefficient (Wildman–Crippen LogP) is -1.10. The van der Waals surface area contributed by atoms with Crippen LogP contribution in [0.3, 0.4) is 0 Å². The van der Waals surface area contributed by atoms with Gasteiger partial charge < -0.3 is 30.1 Å². The normalized spacial score (nSPS) is 13.9. The first-order valence-corrected chi connectivity index (χ1v) is 6.19. The Balaban J connectivity index is 2.25. The molecule has 0 saturated heterocycles. The van der Waals surface area contributed by atoms with Gasteiger partial charge in [-0.05, 0) is 12.1 Å². The quantitative estimate of drug-likeness (QED) is 0.546. The number of ether oxygens (including phenoxy) is 2. The lowest BCUT2D eigenvalue weighted by Gasteiger charge is -2.29. The number of para-hydroxylation sites is 1. The minimum absolute atomic E-state index is 0.224. The molecular formula is C13H17NO6. The third kappa shape index (κ3) is 2.69. The molecule has 0 aromatic heterocycles. The third-order valence-corrected chi connectivity index (χ3v) is 3.10. The molecule has 20 heavy (non-hydrogen) atoms. The minimum Gasteiger partial charge on any atom is -0.486 e. The number of carbonyl (C=O) groups excluding carboxylic acids is 1. The second-order valence-corrected chi connectivity index (χ2v) is 4.54. The van der Waals surface area contributed by atoms with E-state index in [4.69, 9.17) is 9.47 Å². The van der Waals surface area contributed by atoms with Crippen LogP contribution in [0.4, 0.5) is 0 Å². The standard InChI is InChI=1S/C13H17NO6/c15-6-13(7-16,8-17)14-12(18)9-2-1-3-10-11(9)20-5-4-19-10/h1-3,15-17H,4-8H2,(H,14,18). The molecule has 7 heteroatoms. The van der Waals surface area contributed by atoms with Crippen molar-refractivity contribution in [1.29, 1.82) is 0 Å². The molecular weight excluding hydrogens is 266 g/mol. The number of benzene rings is 1. The van der Waals surface area contributed by atoms with E-state index in [1.54, 1.807) is 18.2 Å². The van der Waals surface area contributed by atoms with Gasteiger partial charge in [-0.25, -0.2) is 0 Å². The molecule has 0 atom stereocenters. The molecule has 0 saturated carbocycles. The zero-order valence-corrected chi connectivity index (χ0v) is 10.8. The van der Waals surface area contributed by atoms with Crippen molar-refractivity contribution in [2.45, 2.75) is 5.54 Å².